The number of rotatable bonds is 2. The Bertz CT molecular complexity index is 376. The predicted octanol–water partition coefficient (Wildman–Crippen LogP) is -0.629. The minimum Gasteiger partial charge on any atom is -0.393 e. The van der Waals surface area contributed by atoms with Crippen molar-refractivity contribution in [3.63, 3.8) is 0 Å². The molecule has 2 fully saturated rings. The van der Waals surface area contributed by atoms with E-state index in [1.807, 2.05) is 0 Å². The average Bonchev–Trinajstić information content (AvgIpc) is 2.38. The molecular formula is C11H15NO4. The van der Waals surface area contributed by atoms with Gasteiger partial charge < -0.3 is 10.0 Å². The molecule has 5 nitrogen and oxygen atoms in total. The number of carbonyl (C=O) groups is 3. The third-order valence-electron chi connectivity index (χ3n) is 3.64. The molecular weight excluding hydrogens is 210 g/mol. The van der Waals surface area contributed by atoms with Crippen LogP contribution in [0.25, 0.3) is 0 Å². The van der Waals surface area contributed by atoms with Crippen LogP contribution in [0.5, 0.6) is 0 Å². The second-order valence-corrected chi connectivity index (χ2v) is 4.71. The first kappa shape index (κ1) is 11.3. The molecule has 5 atom stereocenters. The number of Topliss-reactive ketones (excluding diaryl/α,β-unsaturated/α-hetero) is 2. The SMILES string of the molecule is CC(=O)C1C(=O)C(C)C2C(C(C)O)C(=O)N12. The second-order valence-electron chi connectivity index (χ2n) is 4.71. The predicted molar refractivity (Wildman–Crippen MR) is 54.4 cm³/mol. The fraction of sp³-hybridized carbons (Fsp3) is 0.727. The van der Waals surface area contributed by atoms with E-state index in [1.165, 1.54) is 18.7 Å². The van der Waals surface area contributed by atoms with Crippen molar-refractivity contribution in [2.24, 2.45) is 11.8 Å². The van der Waals surface area contributed by atoms with Gasteiger partial charge in [-0.3, -0.25) is 14.4 Å². The average molecular weight is 225 g/mol. The number of hydrogen-bond acceptors (Lipinski definition) is 4. The topological polar surface area (TPSA) is 74.7 Å². The zero-order valence-electron chi connectivity index (χ0n) is 9.51. The lowest BCUT2D eigenvalue weighted by Crippen LogP contribution is -2.65. The first-order chi connectivity index (χ1) is 7.37. The van der Waals surface area contributed by atoms with Gasteiger partial charge in [-0.05, 0) is 13.8 Å². The Morgan fingerprint density at radius 2 is 2.00 bits per heavy atom. The van der Waals surface area contributed by atoms with Gasteiger partial charge in [0.2, 0.25) is 5.91 Å². The van der Waals surface area contributed by atoms with Gasteiger partial charge in [0.15, 0.2) is 11.6 Å². The number of aliphatic hydroxyl groups is 1. The highest BCUT2D eigenvalue weighted by molar-refractivity contribution is 6.13. The van der Waals surface area contributed by atoms with Gasteiger partial charge in [0.1, 0.15) is 6.04 Å². The van der Waals surface area contributed by atoms with Crippen molar-refractivity contribution in [3.8, 4) is 0 Å². The van der Waals surface area contributed by atoms with E-state index in [0.717, 1.165) is 0 Å². The minimum atomic E-state index is -0.914. The van der Waals surface area contributed by atoms with Gasteiger partial charge in [-0.2, -0.15) is 0 Å². The molecule has 0 bridgehead atoms. The van der Waals surface area contributed by atoms with Gasteiger partial charge in [-0.25, -0.2) is 0 Å². The smallest absolute Gasteiger partial charge is 0.231 e. The summed E-state index contributed by atoms with van der Waals surface area (Å²) < 4.78 is 0. The number of nitrogens with zero attached hydrogens (tertiary/aromatic N) is 1. The Morgan fingerprint density at radius 3 is 2.44 bits per heavy atom. The highest BCUT2D eigenvalue weighted by Crippen LogP contribution is 2.42. The van der Waals surface area contributed by atoms with Crippen molar-refractivity contribution in [3.05, 3.63) is 0 Å². The molecule has 2 aliphatic heterocycles. The van der Waals surface area contributed by atoms with Gasteiger partial charge in [0, 0.05) is 5.92 Å². The van der Waals surface area contributed by atoms with E-state index in [9.17, 15) is 19.5 Å². The maximum Gasteiger partial charge on any atom is 0.231 e. The van der Waals surface area contributed by atoms with Crippen molar-refractivity contribution in [1.29, 1.82) is 0 Å². The van der Waals surface area contributed by atoms with E-state index in [-0.39, 0.29) is 29.4 Å². The molecule has 5 heteroatoms. The molecule has 0 aromatic rings. The third kappa shape index (κ3) is 1.18. The summed E-state index contributed by atoms with van der Waals surface area (Å²) in [5.41, 5.74) is 0. The standard InChI is InChI=1S/C11H15NO4/c1-4-8-7(5(2)13)11(16)12(8)9(6(3)14)10(4)15/h4-5,7-9,13H,1-3H3. The molecule has 2 saturated heterocycles. The quantitative estimate of drug-likeness (QED) is 0.501. The molecule has 0 aromatic heterocycles. The van der Waals surface area contributed by atoms with Crippen molar-refractivity contribution >= 4 is 17.5 Å². The molecule has 0 radical (unpaired) electrons. The third-order valence-corrected chi connectivity index (χ3v) is 3.64. The molecule has 0 saturated carbocycles. The fourth-order valence-electron chi connectivity index (χ4n) is 2.85. The number of aliphatic hydroxyl groups excluding tert-OH is 1. The number of amides is 1. The lowest BCUT2D eigenvalue weighted by Gasteiger charge is -2.46. The van der Waals surface area contributed by atoms with Crippen LogP contribution in [0.3, 0.4) is 0 Å². The van der Waals surface area contributed by atoms with Crippen molar-refractivity contribution in [2.75, 3.05) is 0 Å². The van der Waals surface area contributed by atoms with Crippen LogP contribution >= 0.6 is 0 Å². The molecule has 1 N–H and O–H groups in total. The summed E-state index contributed by atoms with van der Waals surface area (Å²) in [4.78, 5) is 36.3. The van der Waals surface area contributed by atoms with E-state index in [1.54, 1.807) is 6.92 Å². The van der Waals surface area contributed by atoms with Crippen LogP contribution in [-0.2, 0) is 14.4 Å². The lowest BCUT2D eigenvalue weighted by atomic mass is 9.79. The van der Waals surface area contributed by atoms with Crippen LogP contribution in [0.4, 0.5) is 0 Å². The van der Waals surface area contributed by atoms with Crippen LogP contribution in [0.15, 0.2) is 0 Å². The van der Waals surface area contributed by atoms with E-state index >= 15 is 0 Å². The molecule has 0 spiro atoms. The number of ketones is 2. The van der Waals surface area contributed by atoms with Crippen LogP contribution in [-0.4, -0.2) is 45.7 Å². The minimum absolute atomic E-state index is 0.200. The molecule has 0 aliphatic carbocycles. The van der Waals surface area contributed by atoms with Gasteiger partial charge in [0.25, 0.3) is 0 Å². The largest absolute Gasteiger partial charge is 0.393 e. The summed E-state index contributed by atoms with van der Waals surface area (Å²) >= 11 is 0. The van der Waals surface area contributed by atoms with E-state index in [2.05, 4.69) is 0 Å². The normalized spacial score (nSPS) is 39.4. The second kappa shape index (κ2) is 3.38. The molecule has 16 heavy (non-hydrogen) atoms. The Balaban J connectivity index is 2.32. The van der Waals surface area contributed by atoms with Crippen LogP contribution < -0.4 is 0 Å². The fourth-order valence-corrected chi connectivity index (χ4v) is 2.85. The van der Waals surface area contributed by atoms with Gasteiger partial charge in [-0.15, -0.1) is 0 Å². The number of fused-ring (bicyclic) bond motifs is 1. The monoisotopic (exact) mass is 225 g/mol. The van der Waals surface area contributed by atoms with Crippen LogP contribution in [0.1, 0.15) is 20.8 Å². The maximum absolute atomic E-state index is 11.8. The van der Waals surface area contributed by atoms with Crippen LogP contribution in [0, 0.1) is 11.8 Å². The van der Waals surface area contributed by atoms with Gasteiger partial charge >= 0.3 is 0 Å². The highest BCUT2D eigenvalue weighted by atomic mass is 16.3. The van der Waals surface area contributed by atoms with Crippen molar-refractivity contribution in [2.45, 2.75) is 39.0 Å². The Morgan fingerprint density at radius 1 is 1.44 bits per heavy atom. The zero-order chi connectivity index (χ0) is 12.2. The summed E-state index contributed by atoms with van der Waals surface area (Å²) in [6.45, 7) is 4.57. The van der Waals surface area contributed by atoms with Gasteiger partial charge in [0.05, 0.1) is 18.1 Å². The summed E-state index contributed by atoms with van der Waals surface area (Å²) in [7, 11) is 0. The molecule has 2 rings (SSSR count). The van der Waals surface area contributed by atoms with E-state index in [0.29, 0.717) is 0 Å². The number of carbonyl (C=O) groups excluding carboxylic acids is 3. The Kier molecular flexibility index (Phi) is 2.38. The summed E-state index contributed by atoms with van der Waals surface area (Å²) in [6.07, 6.45) is -0.769. The highest BCUT2D eigenvalue weighted by Gasteiger charge is 2.63. The Labute approximate surface area is 93.4 Å². The number of hydrogen-bond donors (Lipinski definition) is 1. The first-order valence-electron chi connectivity index (χ1n) is 5.42. The van der Waals surface area contributed by atoms with Gasteiger partial charge in [-0.1, -0.05) is 6.92 Å². The summed E-state index contributed by atoms with van der Waals surface area (Å²) in [6, 6.07) is -1.21. The van der Waals surface area contributed by atoms with Crippen LogP contribution in [0.2, 0.25) is 0 Å². The van der Waals surface area contributed by atoms with E-state index in [4.69, 9.17) is 0 Å². The van der Waals surface area contributed by atoms with E-state index < -0.39 is 18.1 Å². The molecule has 88 valence electrons. The van der Waals surface area contributed by atoms with Crippen molar-refractivity contribution < 1.29 is 19.5 Å². The maximum atomic E-state index is 11.8. The summed E-state index contributed by atoms with van der Waals surface area (Å²) in [5.74, 6) is -1.65. The van der Waals surface area contributed by atoms with Crippen molar-refractivity contribution in [1.82, 2.24) is 4.90 Å². The lowest BCUT2D eigenvalue weighted by molar-refractivity contribution is -0.167. The number of β-lactam (4-membered cyclic amide) rings is 1. The zero-order valence-corrected chi connectivity index (χ0v) is 9.51. The molecule has 2 heterocycles. The molecule has 1 amide bonds. The first-order valence-corrected chi connectivity index (χ1v) is 5.42. The molecule has 2 aliphatic rings. The molecule has 5 unspecified atom stereocenters. The Hall–Kier alpha value is -1.23. The summed E-state index contributed by atoms with van der Waals surface area (Å²) in [5, 5.41) is 9.47. The molecule has 0 aromatic carbocycles.